The molecule has 2 N–H and O–H groups in total. The van der Waals surface area contributed by atoms with Crippen molar-refractivity contribution in [2.75, 3.05) is 5.32 Å². The molecule has 1 fully saturated rings. The monoisotopic (exact) mass is 411 g/mol. The number of nitrogens with one attached hydrogen (secondary N) is 2. The molecule has 3 unspecified atom stereocenters. The normalized spacial score (nSPS) is 21.5. The van der Waals surface area contributed by atoms with E-state index in [2.05, 4.69) is 10.6 Å². The number of carbonyl (C=O) groups is 4. The quantitative estimate of drug-likeness (QED) is 0.533. The van der Waals surface area contributed by atoms with E-state index in [-0.39, 0.29) is 47.9 Å². The second kappa shape index (κ2) is 9.24. The SMILES string of the molecule is CC(=O)Nc1ccc(CNC(=O)C(CC(C)C)N2C(=O)C3CC=CCC3C2=O)cc1. The molecular weight excluding hydrogens is 382 g/mol. The van der Waals surface area contributed by atoms with E-state index in [4.69, 9.17) is 0 Å². The number of likely N-dealkylation sites (tertiary alicyclic amines) is 1. The molecule has 7 nitrogen and oxygen atoms in total. The molecule has 1 aliphatic carbocycles. The Kier molecular flexibility index (Phi) is 6.70. The van der Waals surface area contributed by atoms with Gasteiger partial charge in [-0.25, -0.2) is 0 Å². The van der Waals surface area contributed by atoms with E-state index < -0.39 is 6.04 Å². The maximum Gasteiger partial charge on any atom is 0.243 e. The van der Waals surface area contributed by atoms with Crippen molar-refractivity contribution in [1.82, 2.24) is 10.2 Å². The highest BCUT2D eigenvalue weighted by Crippen LogP contribution is 2.37. The number of nitrogens with zero attached hydrogens (tertiary/aromatic N) is 1. The third-order valence-electron chi connectivity index (χ3n) is 5.59. The molecule has 1 aliphatic heterocycles. The summed E-state index contributed by atoms with van der Waals surface area (Å²) in [7, 11) is 0. The van der Waals surface area contributed by atoms with Crippen molar-refractivity contribution in [3.05, 3.63) is 42.0 Å². The van der Waals surface area contributed by atoms with Crippen molar-refractivity contribution in [3.8, 4) is 0 Å². The Morgan fingerprint density at radius 2 is 1.60 bits per heavy atom. The molecule has 0 saturated carbocycles. The van der Waals surface area contributed by atoms with Crippen molar-refractivity contribution < 1.29 is 19.2 Å². The molecule has 0 aromatic heterocycles. The summed E-state index contributed by atoms with van der Waals surface area (Å²) in [6.45, 7) is 5.66. The summed E-state index contributed by atoms with van der Waals surface area (Å²) in [6, 6.07) is 6.36. The van der Waals surface area contributed by atoms with Crippen molar-refractivity contribution in [2.24, 2.45) is 17.8 Å². The molecule has 2 aliphatic rings. The molecule has 0 spiro atoms. The van der Waals surface area contributed by atoms with E-state index in [0.29, 0.717) is 24.9 Å². The number of rotatable bonds is 7. The van der Waals surface area contributed by atoms with Gasteiger partial charge in [0.15, 0.2) is 0 Å². The van der Waals surface area contributed by atoms with Gasteiger partial charge in [-0.3, -0.25) is 24.1 Å². The first-order valence-corrected chi connectivity index (χ1v) is 10.4. The Labute approximate surface area is 176 Å². The molecule has 160 valence electrons. The number of benzene rings is 1. The third kappa shape index (κ3) is 4.78. The van der Waals surface area contributed by atoms with Gasteiger partial charge < -0.3 is 10.6 Å². The number of anilines is 1. The smallest absolute Gasteiger partial charge is 0.243 e. The van der Waals surface area contributed by atoms with Crippen LogP contribution in [0.1, 0.15) is 45.6 Å². The average molecular weight is 412 g/mol. The molecule has 4 amide bonds. The summed E-state index contributed by atoms with van der Waals surface area (Å²) in [6.07, 6.45) is 5.43. The fourth-order valence-electron chi connectivity index (χ4n) is 4.13. The van der Waals surface area contributed by atoms with Crippen LogP contribution in [0.2, 0.25) is 0 Å². The Bertz CT molecular complexity index is 834. The lowest BCUT2D eigenvalue weighted by molar-refractivity contribution is -0.148. The number of carbonyl (C=O) groups excluding carboxylic acids is 4. The predicted octanol–water partition coefficient (Wildman–Crippen LogP) is 2.63. The molecule has 30 heavy (non-hydrogen) atoms. The van der Waals surface area contributed by atoms with Gasteiger partial charge in [-0.2, -0.15) is 0 Å². The van der Waals surface area contributed by atoms with E-state index >= 15 is 0 Å². The van der Waals surface area contributed by atoms with Gasteiger partial charge >= 0.3 is 0 Å². The molecule has 3 atom stereocenters. The minimum atomic E-state index is -0.797. The van der Waals surface area contributed by atoms with Crippen LogP contribution in [0.4, 0.5) is 5.69 Å². The maximum atomic E-state index is 13.0. The number of imide groups is 1. The van der Waals surface area contributed by atoms with Crippen molar-refractivity contribution in [3.63, 3.8) is 0 Å². The third-order valence-corrected chi connectivity index (χ3v) is 5.59. The van der Waals surface area contributed by atoms with Gasteiger partial charge in [0.2, 0.25) is 23.6 Å². The Morgan fingerprint density at radius 3 is 2.10 bits per heavy atom. The summed E-state index contributed by atoms with van der Waals surface area (Å²) in [5.74, 6) is -1.45. The van der Waals surface area contributed by atoms with Crippen LogP contribution in [-0.2, 0) is 25.7 Å². The van der Waals surface area contributed by atoms with Crippen LogP contribution in [0, 0.1) is 17.8 Å². The zero-order valence-corrected chi connectivity index (χ0v) is 17.7. The molecule has 0 bridgehead atoms. The van der Waals surface area contributed by atoms with E-state index in [9.17, 15) is 19.2 Å². The molecule has 7 heteroatoms. The standard InChI is InChI=1S/C23H29N3O4/c1-14(2)12-20(26-22(29)18-6-4-5-7-19(18)23(26)30)21(28)24-13-16-8-10-17(11-9-16)25-15(3)27/h4-5,8-11,14,18-20H,6-7,12-13H2,1-3H3,(H,24,28)(H,25,27). The highest BCUT2D eigenvalue weighted by Gasteiger charge is 2.51. The largest absolute Gasteiger partial charge is 0.350 e. The average Bonchev–Trinajstić information content (AvgIpc) is 2.95. The lowest BCUT2D eigenvalue weighted by atomic mass is 9.85. The molecule has 1 saturated heterocycles. The van der Waals surface area contributed by atoms with Crippen LogP contribution in [0.25, 0.3) is 0 Å². The van der Waals surface area contributed by atoms with E-state index in [0.717, 1.165) is 5.56 Å². The first kappa shape index (κ1) is 21.7. The van der Waals surface area contributed by atoms with Crippen molar-refractivity contribution in [2.45, 2.75) is 52.6 Å². The lowest BCUT2D eigenvalue weighted by Crippen LogP contribution is -2.50. The number of allylic oxidation sites excluding steroid dienone is 2. The van der Waals surface area contributed by atoms with Gasteiger partial charge in [-0.05, 0) is 42.9 Å². The van der Waals surface area contributed by atoms with Gasteiger partial charge in [0.25, 0.3) is 0 Å². The molecular formula is C23H29N3O4. The van der Waals surface area contributed by atoms with Crippen LogP contribution >= 0.6 is 0 Å². The molecule has 0 radical (unpaired) electrons. The number of hydrogen-bond donors (Lipinski definition) is 2. The minimum absolute atomic E-state index is 0.150. The van der Waals surface area contributed by atoms with Gasteiger partial charge in [-0.15, -0.1) is 0 Å². The van der Waals surface area contributed by atoms with Crippen LogP contribution in [-0.4, -0.2) is 34.6 Å². The van der Waals surface area contributed by atoms with Crippen LogP contribution in [0.15, 0.2) is 36.4 Å². The van der Waals surface area contributed by atoms with Crippen LogP contribution in [0.5, 0.6) is 0 Å². The van der Waals surface area contributed by atoms with Crippen molar-refractivity contribution in [1.29, 1.82) is 0 Å². The van der Waals surface area contributed by atoms with Gasteiger partial charge in [-0.1, -0.05) is 38.1 Å². The fourth-order valence-corrected chi connectivity index (χ4v) is 4.13. The number of amides is 4. The Hall–Kier alpha value is -2.96. The van der Waals surface area contributed by atoms with Gasteiger partial charge in [0, 0.05) is 19.2 Å². The highest BCUT2D eigenvalue weighted by molar-refractivity contribution is 6.08. The maximum absolute atomic E-state index is 13.0. The summed E-state index contributed by atoms with van der Waals surface area (Å²) >= 11 is 0. The first-order valence-electron chi connectivity index (χ1n) is 10.4. The summed E-state index contributed by atoms with van der Waals surface area (Å²) in [5, 5.41) is 5.57. The molecule has 3 rings (SSSR count). The molecule has 1 aromatic carbocycles. The summed E-state index contributed by atoms with van der Waals surface area (Å²) < 4.78 is 0. The van der Waals surface area contributed by atoms with Crippen LogP contribution < -0.4 is 10.6 Å². The number of fused-ring (bicyclic) bond motifs is 1. The second-order valence-corrected chi connectivity index (χ2v) is 8.44. The van der Waals surface area contributed by atoms with Gasteiger partial charge in [0.05, 0.1) is 11.8 Å². The lowest BCUT2D eigenvalue weighted by Gasteiger charge is -2.27. The fraction of sp³-hybridized carbons (Fsp3) is 0.478. The van der Waals surface area contributed by atoms with E-state index in [1.807, 2.05) is 38.1 Å². The van der Waals surface area contributed by atoms with Crippen LogP contribution in [0.3, 0.4) is 0 Å². The Morgan fingerprint density at radius 1 is 1.03 bits per heavy atom. The minimum Gasteiger partial charge on any atom is -0.350 e. The topological polar surface area (TPSA) is 95.6 Å². The number of hydrogen-bond acceptors (Lipinski definition) is 4. The zero-order valence-electron chi connectivity index (χ0n) is 17.7. The first-order chi connectivity index (χ1) is 14.3. The van der Waals surface area contributed by atoms with E-state index in [1.165, 1.54) is 11.8 Å². The highest BCUT2D eigenvalue weighted by atomic mass is 16.2. The van der Waals surface area contributed by atoms with Gasteiger partial charge in [0.1, 0.15) is 6.04 Å². The second-order valence-electron chi connectivity index (χ2n) is 8.44. The van der Waals surface area contributed by atoms with E-state index in [1.54, 1.807) is 12.1 Å². The summed E-state index contributed by atoms with van der Waals surface area (Å²) in [5.41, 5.74) is 1.54. The predicted molar refractivity (Wildman–Crippen MR) is 113 cm³/mol. The van der Waals surface area contributed by atoms with Crippen molar-refractivity contribution >= 4 is 29.3 Å². The molecule has 1 heterocycles. The Balaban J connectivity index is 1.69. The zero-order chi connectivity index (χ0) is 21.8. The summed E-state index contributed by atoms with van der Waals surface area (Å²) in [4.78, 5) is 51.2. The molecule has 1 aromatic rings.